The molecule has 21 heavy (non-hydrogen) atoms. The number of carboxylic acids is 1. The lowest BCUT2D eigenvalue weighted by atomic mass is 9.98. The normalized spacial score (nSPS) is 18.9. The fraction of sp³-hybridized carbons (Fsp3) is 0.400. The summed E-state index contributed by atoms with van der Waals surface area (Å²) in [6, 6.07) is 7.63. The van der Waals surface area contributed by atoms with Crippen LogP contribution in [0.4, 0.5) is 0 Å². The predicted octanol–water partition coefficient (Wildman–Crippen LogP) is 1.43. The number of likely N-dealkylation sites (tertiary alicyclic amines) is 1. The highest BCUT2D eigenvalue weighted by Gasteiger charge is 2.28. The molecule has 1 unspecified atom stereocenters. The van der Waals surface area contributed by atoms with Crippen LogP contribution in [0.1, 0.15) is 18.5 Å². The summed E-state index contributed by atoms with van der Waals surface area (Å²) in [5.41, 5.74) is 1.62. The van der Waals surface area contributed by atoms with Crippen molar-refractivity contribution in [2.75, 3.05) is 13.1 Å². The molecule has 1 aromatic heterocycles. The number of aromatic amines is 1. The molecule has 0 bridgehead atoms. The molecule has 1 atom stereocenters. The van der Waals surface area contributed by atoms with E-state index in [1.807, 2.05) is 24.3 Å². The van der Waals surface area contributed by atoms with Gasteiger partial charge in [-0.15, -0.1) is 0 Å². The monoisotopic (exact) mass is 287 g/mol. The van der Waals surface area contributed by atoms with Gasteiger partial charge in [0.05, 0.1) is 23.5 Å². The first-order valence-corrected chi connectivity index (χ1v) is 7.07. The van der Waals surface area contributed by atoms with E-state index in [2.05, 4.69) is 10.2 Å². The molecule has 1 amide bonds. The van der Waals surface area contributed by atoms with Gasteiger partial charge >= 0.3 is 5.97 Å². The average molecular weight is 287 g/mol. The van der Waals surface area contributed by atoms with E-state index in [1.54, 1.807) is 4.90 Å². The van der Waals surface area contributed by atoms with Crippen molar-refractivity contribution >= 4 is 22.8 Å². The number of hydrogen-bond donors (Lipinski definition) is 2. The van der Waals surface area contributed by atoms with Gasteiger partial charge < -0.3 is 10.0 Å². The summed E-state index contributed by atoms with van der Waals surface area (Å²) in [5.74, 6) is -1.31. The highest BCUT2D eigenvalue weighted by Crippen LogP contribution is 2.20. The van der Waals surface area contributed by atoms with Gasteiger partial charge in [0.1, 0.15) is 0 Å². The van der Waals surface area contributed by atoms with Gasteiger partial charge in [-0.05, 0) is 18.9 Å². The van der Waals surface area contributed by atoms with E-state index < -0.39 is 11.9 Å². The topological polar surface area (TPSA) is 86.3 Å². The van der Waals surface area contributed by atoms with Crippen molar-refractivity contribution in [2.45, 2.75) is 19.3 Å². The minimum atomic E-state index is -0.820. The van der Waals surface area contributed by atoms with Crippen LogP contribution < -0.4 is 0 Å². The molecular weight excluding hydrogens is 270 g/mol. The largest absolute Gasteiger partial charge is 0.481 e. The number of piperidine rings is 1. The molecule has 2 N–H and O–H groups in total. The number of benzene rings is 1. The molecule has 3 rings (SSSR count). The molecule has 2 heterocycles. The van der Waals surface area contributed by atoms with Crippen molar-refractivity contribution < 1.29 is 14.7 Å². The Balaban J connectivity index is 1.72. The second-order valence-electron chi connectivity index (χ2n) is 5.41. The molecule has 0 saturated carbocycles. The number of H-pyrrole nitrogens is 1. The average Bonchev–Trinajstić information content (AvgIpc) is 2.91. The Hall–Kier alpha value is -2.37. The highest BCUT2D eigenvalue weighted by atomic mass is 16.4. The maximum atomic E-state index is 12.4. The molecule has 1 aliphatic rings. The van der Waals surface area contributed by atoms with Gasteiger partial charge in [-0.3, -0.25) is 14.7 Å². The highest BCUT2D eigenvalue weighted by molar-refractivity contribution is 5.87. The van der Waals surface area contributed by atoms with E-state index >= 15 is 0 Å². The third kappa shape index (κ3) is 2.74. The number of fused-ring (bicyclic) bond motifs is 1. The number of hydrogen-bond acceptors (Lipinski definition) is 3. The van der Waals surface area contributed by atoms with Gasteiger partial charge in [-0.25, -0.2) is 0 Å². The number of aromatic nitrogens is 2. The summed E-state index contributed by atoms with van der Waals surface area (Å²) >= 11 is 0. The molecule has 2 aromatic rings. The van der Waals surface area contributed by atoms with Gasteiger partial charge in [0.25, 0.3) is 0 Å². The summed E-state index contributed by atoms with van der Waals surface area (Å²) in [6.07, 6.45) is 1.62. The van der Waals surface area contributed by atoms with Crippen LogP contribution in [-0.4, -0.2) is 45.2 Å². The maximum Gasteiger partial charge on any atom is 0.308 e. The minimum absolute atomic E-state index is 0.0460. The fourth-order valence-corrected chi connectivity index (χ4v) is 2.82. The molecule has 110 valence electrons. The number of carbonyl (C=O) groups is 2. The van der Waals surface area contributed by atoms with E-state index in [0.717, 1.165) is 23.0 Å². The van der Waals surface area contributed by atoms with Crippen molar-refractivity contribution in [3.8, 4) is 0 Å². The quantitative estimate of drug-likeness (QED) is 0.894. The van der Waals surface area contributed by atoms with E-state index in [0.29, 0.717) is 19.5 Å². The van der Waals surface area contributed by atoms with Crippen LogP contribution in [0.25, 0.3) is 10.9 Å². The Kier molecular flexibility index (Phi) is 3.60. The van der Waals surface area contributed by atoms with Crippen LogP contribution in [-0.2, 0) is 16.0 Å². The van der Waals surface area contributed by atoms with Crippen LogP contribution in [0.3, 0.4) is 0 Å². The zero-order valence-corrected chi connectivity index (χ0v) is 11.6. The molecule has 1 aliphatic heterocycles. The number of amides is 1. The second kappa shape index (κ2) is 5.55. The first-order valence-electron chi connectivity index (χ1n) is 7.07. The molecule has 6 heteroatoms. The standard InChI is InChI=1S/C15H17N3O3/c19-14(18-7-3-4-10(9-18)15(20)21)8-13-11-5-1-2-6-12(11)16-17-13/h1-2,5-6,10H,3-4,7-9H2,(H,16,17)(H,20,21). The summed E-state index contributed by atoms with van der Waals surface area (Å²) < 4.78 is 0. The number of para-hydroxylation sites is 1. The second-order valence-corrected chi connectivity index (χ2v) is 5.41. The zero-order valence-electron chi connectivity index (χ0n) is 11.6. The Morgan fingerprint density at radius 3 is 3.00 bits per heavy atom. The first-order chi connectivity index (χ1) is 10.1. The van der Waals surface area contributed by atoms with Crippen molar-refractivity contribution in [2.24, 2.45) is 5.92 Å². The van der Waals surface area contributed by atoms with Gasteiger partial charge in [-0.1, -0.05) is 18.2 Å². The molecule has 0 radical (unpaired) electrons. The Labute approximate surface area is 121 Å². The van der Waals surface area contributed by atoms with E-state index in [1.165, 1.54) is 0 Å². The third-order valence-electron chi connectivity index (χ3n) is 3.99. The lowest BCUT2D eigenvalue weighted by Gasteiger charge is -2.30. The molecular formula is C15H17N3O3. The van der Waals surface area contributed by atoms with Gasteiger partial charge in [0.15, 0.2) is 0 Å². The van der Waals surface area contributed by atoms with Crippen LogP contribution in [0.5, 0.6) is 0 Å². The smallest absolute Gasteiger partial charge is 0.308 e. The number of nitrogens with zero attached hydrogens (tertiary/aromatic N) is 2. The van der Waals surface area contributed by atoms with Gasteiger partial charge in [0, 0.05) is 18.5 Å². The summed E-state index contributed by atoms with van der Waals surface area (Å²) in [4.78, 5) is 25.1. The molecule has 1 aromatic carbocycles. The van der Waals surface area contributed by atoms with Crippen LogP contribution in [0, 0.1) is 5.92 Å². The Bertz CT molecular complexity index is 680. The van der Waals surface area contributed by atoms with Crippen LogP contribution in [0.2, 0.25) is 0 Å². The lowest BCUT2D eigenvalue weighted by molar-refractivity contribution is -0.145. The molecule has 1 fully saturated rings. The molecule has 6 nitrogen and oxygen atoms in total. The maximum absolute atomic E-state index is 12.4. The minimum Gasteiger partial charge on any atom is -0.481 e. The van der Waals surface area contributed by atoms with E-state index in [-0.39, 0.29) is 12.3 Å². The summed E-state index contributed by atoms with van der Waals surface area (Å²) in [5, 5.41) is 17.1. The molecule has 0 aliphatic carbocycles. The van der Waals surface area contributed by atoms with Crippen molar-refractivity contribution in [1.29, 1.82) is 0 Å². The fourth-order valence-electron chi connectivity index (χ4n) is 2.82. The summed E-state index contributed by atoms with van der Waals surface area (Å²) in [7, 11) is 0. The van der Waals surface area contributed by atoms with Gasteiger partial charge in [0.2, 0.25) is 5.91 Å². The zero-order chi connectivity index (χ0) is 14.8. The molecule has 0 spiro atoms. The lowest BCUT2D eigenvalue weighted by Crippen LogP contribution is -2.43. The Morgan fingerprint density at radius 2 is 2.19 bits per heavy atom. The number of carboxylic acid groups (broad SMARTS) is 1. The van der Waals surface area contributed by atoms with Crippen molar-refractivity contribution in [3.05, 3.63) is 30.0 Å². The number of nitrogens with one attached hydrogen (secondary N) is 1. The predicted molar refractivity (Wildman–Crippen MR) is 76.7 cm³/mol. The Morgan fingerprint density at radius 1 is 1.38 bits per heavy atom. The van der Waals surface area contributed by atoms with Crippen LogP contribution in [0.15, 0.2) is 24.3 Å². The van der Waals surface area contributed by atoms with E-state index in [4.69, 9.17) is 5.11 Å². The SMILES string of the molecule is O=C(O)C1CCCN(C(=O)Cc2[nH]nc3ccccc23)C1. The van der Waals surface area contributed by atoms with Gasteiger partial charge in [-0.2, -0.15) is 5.10 Å². The number of aliphatic carboxylic acids is 1. The molecule has 1 saturated heterocycles. The van der Waals surface area contributed by atoms with E-state index in [9.17, 15) is 9.59 Å². The number of rotatable bonds is 3. The first kappa shape index (κ1) is 13.6. The number of carbonyl (C=O) groups excluding carboxylic acids is 1. The van der Waals surface area contributed by atoms with Crippen molar-refractivity contribution in [3.63, 3.8) is 0 Å². The van der Waals surface area contributed by atoms with Crippen molar-refractivity contribution in [1.82, 2.24) is 15.1 Å². The summed E-state index contributed by atoms with van der Waals surface area (Å²) in [6.45, 7) is 0.939. The van der Waals surface area contributed by atoms with Crippen LogP contribution >= 0.6 is 0 Å². The third-order valence-corrected chi connectivity index (χ3v) is 3.99.